The lowest BCUT2D eigenvalue weighted by Crippen LogP contribution is -2.07. The molecule has 1 rings (SSSR count). The SMILES string of the molecule is CCC(C)OCc1occc1CN. The quantitative estimate of drug-likeness (QED) is 0.760. The van der Waals surface area contributed by atoms with Gasteiger partial charge in [-0.15, -0.1) is 0 Å². The van der Waals surface area contributed by atoms with Crippen LogP contribution in [-0.4, -0.2) is 6.10 Å². The standard InChI is InChI=1S/C10H17NO2/c1-3-8(2)13-7-10-9(6-11)4-5-12-10/h4-5,8H,3,6-7,11H2,1-2H3. The second-order valence-electron chi connectivity index (χ2n) is 3.10. The van der Waals surface area contributed by atoms with E-state index in [1.165, 1.54) is 0 Å². The summed E-state index contributed by atoms with van der Waals surface area (Å²) in [6, 6.07) is 1.88. The highest BCUT2D eigenvalue weighted by molar-refractivity contribution is 5.15. The molecule has 0 saturated heterocycles. The zero-order valence-electron chi connectivity index (χ0n) is 8.25. The maximum atomic E-state index is 5.53. The molecule has 0 amide bonds. The van der Waals surface area contributed by atoms with E-state index in [4.69, 9.17) is 14.9 Å². The van der Waals surface area contributed by atoms with Crippen molar-refractivity contribution in [3.05, 3.63) is 23.7 Å². The van der Waals surface area contributed by atoms with E-state index in [0.29, 0.717) is 13.2 Å². The molecule has 3 heteroatoms. The lowest BCUT2D eigenvalue weighted by atomic mass is 10.2. The summed E-state index contributed by atoms with van der Waals surface area (Å²) in [4.78, 5) is 0. The Morgan fingerprint density at radius 2 is 2.38 bits per heavy atom. The summed E-state index contributed by atoms with van der Waals surface area (Å²) < 4.78 is 10.8. The van der Waals surface area contributed by atoms with Crippen LogP contribution in [-0.2, 0) is 17.9 Å². The molecule has 0 aliphatic carbocycles. The topological polar surface area (TPSA) is 48.4 Å². The first-order chi connectivity index (χ1) is 6.27. The minimum absolute atomic E-state index is 0.274. The van der Waals surface area contributed by atoms with Gasteiger partial charge in [-0.2, -0.15) is 0 Å². The van der Waals surface area contributed by atoms with E-state index in [9.17, 15) is 0 Å². The van der Waals surface area contributed by atoms with Crippen molar-refractivity contribution in [2.45, 2.75) is 39.5 Å². The molecule has 13 heavy (non-hydrogen) atoms. The smallest absolute Gasteiger partial charge is 0.133 e. The molecule has 1 aromatic rings. The minimum Gasteiger partial charge on any atom is -0.467 e. The van der Waals surface area contributed by atoms with Crippen LogP contribution < -0.4 is 5.73 Å². The van der Waals surface area contributed by atoms with Crippen LogP contribution in [0.1, 0.15) is 31.6 Å². The Labute approximate surface area is 78.9 Å². The Morgan fingerprint density at radius 3 is 3.00 bits per heavy atom. The third-order valence-corrected chi connectivity index (χ3v) is 2.13. The van der Waals surface area contributed by atoms with Gasteiger partial charge in [0.15, 0.2) is 0 Å². The van der Waals surface area contributed by atoms with Crippen LogP contribution in [0.25, 0.3) is 0 Å². The predicted octanol–water partition coefficient (Wildman–Crippen LogP) is 2.05. The molecule has 0 spiro atoms. The third kappa shape index (κ3) is 2.86. The van der Waals surface area contributed by atoms with Crippen LogP contribution in [0.4, 0.5) is 0 Å². The molecule has 74 valence electrons. The average molecular weight is 183 g/mol. The van der Waals surface area contributed by atoms with E-state index in [0.717, 1.165) is 17.7 Å². The number of ether oxygens (including phenoxy) is 1. The van der Waals surface area contributed by atoms with Crippen LogP contribution >= 0.6 is 0 Å². The summed E-state index contributed by atoms with van der Waals surface area (Å²) in [5.74, 6) is 0.850. The fourth-order valence-corrected chi connectivity index (χ4v) is 1.01. The van der Waals surface area contributed by atoms with E-state index in [1.54, 1.807) is 6.26 Å². The molecule has 0 aromatic carbocycles. The molecular formula is C10H17NO2. The molecule has 0 fully saturated rings. The van der Waals surface area contributed by atoms with Gasteiger partial charge in [0.2, 0.25) is 0 Å². The largest absolute Gasteiger partial charge is 0.467 e. The second kappa shape index (κ2) is 5.04. The Hall–Kier alpha value is -0.800. The Kier molecular flexibility index (Phi) is 3.99. The van der Waals surface area contributed by atoms with Gasteiger partial charge in [-0.1, -0.05) is 6.92 Å². The fraction of sp³-hybridized carbons (Fsp3) is 0.600. The third-order valence-electron chi connectivity index (χ3n) is 2.13. The zero-order chi connectivity index (χ0) is 9.68. The van der Waals surface area contributed by atoms with Crippen LogP contribution in [0.15, 0.2) is 16.7 Å². The summed E-state index contributed by atoms with van der Waals surface area (Å²) >= 11 is 0. The molecule has 3 nitrogen and oxygen atoms in total. The molecular weight excluding hydrogens is 166 g/mol. The number of furan rings is 1. The summed E-state index contributed by atoms with van der Waals surface area (Å²) in [6.45, 7) is 5.17. The van der Waals surface area contributed by atoms with Gasteiger partial charge in [-0.25, -0.2) is 0 Å². The van der Waals surface area contributed by atoms with Crippen molar-refractivity contribution in [1.29, 1.82) is 0 Å². The molecule has 0 aliphatic rings. The molecule has 0 radical (unpaired) electrons. The summed E-state index contributed by atoms with van der Waals surface area (Å²) in [5, 5.41) is 0. The second-order valence-corrected chi connectivity index (χ2v) is 3.10. The van der Waals surface area contributed by atoms with Gasteiger partial charge in [0.25, 0.3) is 0 Å². The predicted molar refractivity (Wildman–Crippen MR) is 51.1 cm³/mol. The number of nitrogens with two attached hydrogens (primary N) is 1. The van der Waals surface area contributed by atoms with Crippen molar-refractivity contribution < 1.29 is 9.15 Å². The van der Waals surface area contributed by atoms with Gasteiger partial charge >= 0.3 is 0 Å². The fourth-order valence-electron chi connectivity index (χ4n) is 1.01. The van der Waals surface area contributed by atoms with Gasteiger partial charge < -0.3 is 14.9 Å². The zero-order valence-corrected chi connectivity index (χ0v) is 8.25. The monoisotopic (exact) mass is 183 g/mol. The van der Waals surface area contributed by atoms with Gasteiger partial charge in [0.1, 0.15) is 12.4 Å². The van der Waals surface area contributed by atoms with Gasteiger partial charge in [-0.3, -0.25) is 0 Å². The normalized spacial score (nSPS) is 13.2. The van der Waals surface area contributed by atoms with Crippen LogP contribution in [0, 0.1) is 0 Å². The summed E-state index contributed by atoms with van der Waals surface area (Å²) in [5.41, 5.74) is 6.55. The van der Waals surface area contributed by atoms with Crippen LogP contribution in [0.2, 0.25) is 0 Å². The number of rotatable bonds is 5. The van der Waals surface area contributed by atoms with Crippen LogP contribution in [0.3, 0.4) is 0 Å². The van der Waals surface area contributed by atoms with E-state index in [-0.39, 0.29) is 6.10 Å². The Morgan fingerprint density at radius 1 is 1.62 bits per heavy atom. The first kappa shape index (κ1) is 10.3. The first-order valence-electron chi connectivity index (χ1n) is 4.64. The summed E-state index contributed by atoms with van der Waals surface area (Å²) in [7, 11) is 0. The molecule has 1 heterocycles. The molecule has 2 N–H and O–H groups in total. The van der Waals surface area contributed by atoms with Gasteiger partial charge in [-0.05, 0) is 19.4 Å². The highest BCUT2D eigenvalue weighted by Crippen LogP contribution is 2.12. The van der Waals surface area contributed by atoms with Crippen molar-refractivity contribution in [3.63, 3.8) is 0 Å². The maximum Gasteiger partial charge on any atom is 0.133 e. The molecule has 0 saturated carbocycles. The van der Waals surface area contributed by atoms with Gasteiger partial charge in [0.05, 0.1) is 12.4 Å². The molecule has 1 aromatic heterocycles. The van der Waals surface area contributed by atoms with Crippen molar-refractivity contribution in [1.82, 2.24) is 0 Å². The lowest BCUT2D eigenvalue weighted by molar-refractivity contribution is 0.0401. The molecule has 1 unspecified atom stereocenters. The van der Waals surface area contributed by atoms with E-state index >= 15 is 0 Å². The molecule has 0 aliphatic heterocycles. The number of hydrogen-bond acceptors (Lipinski definition) is 3. The van der Waals surface area contributed by atoms with Crippen molar-refractivity contribution in [3.8, 4) is 0 Å². The van der Waals surface area contributed by atoms with Crippen LogP contribution in [0.5, 0.6) is 0 Å². The van der Waals surface area contributed by atoms with Crippen molar-refractivity contribution >= 4 is 0 Å². The number of hydrogen-bond donors (Lipinski definition) is 1. The van der Waals surface area contributed by atoms with Gasteiger partial charge in [0, 0.05) is 12.1 Å². The lowest BCUT2D eigenvalue weighted by Gasteiger charge is -2.09. The Balaban J connectivity index is 2.44. The van der Waals surface area contributed by atoms with E-state index in [1.807, 2.05) is 13.0 Å². The minimum atomic E-state index is 0.274. The summed E-state index contributed by atoms with van der Waals surface area (Å²) in [6.07, 6.45) is 2.94. The maximum absolute atomic E-state index is 5.53. The first-order valence-corrected chi connectivity index (χ1v) is 4.64. The van der Waals surface area contributed by atoms with E-state index < -0.39 is 0 Å². The van der Waals surface area contributed by atoms with Crippen molar-refractivity contribution in [2.24, 2.45) is 5.73 Å². The van der Waals surface area contributed by atoms with Crippen molar-refractivity contribution in [2.75, 3.05) is 0 Å². The molecule has 1 atom stereocenters. The highest BCUT2D eigenvalue weighted by atomic mass is 16.5. The highest BCUT2D eigenvalue weighted by Gasteiger charge is 2.06. The average Bonchev–Trinajstić information content (AvgIpc) is 2.61. The Bertz CT molecular complexity index is 245. The van der Waals surface area contributed by atoms with E-state index in [2.05, 4.69) is 6.92 Å². The molecule has 0 bridgehead atoms.